The van der Waals surface area contributed by atoms with Gasteiger partial charge in [0.05, 0.1) is 6.54 Å². The van der Waals surface area contributed by atoms with Crippen molar-refractivity contribution in [3.63, 3.8) is 0 Å². The molecule has 2 aromatic rings. The summed E-state index contributed by atoms with van der Waals surface area (Å²) in [6.45, 7) is 2.92. The second-order valence-electron chi connectivity index (χ2n) is 5.45. The predicted molar refractivity (Wildman–Crippen MR) is 81.3 cm³/mol. The second kappa shape index (κ2) is 6.55. The molecule has 3 rings (SSSR count). The molecule has 2 amide bonds. The number of carbonyl (C=O) groups excluding carboxylic acids is 2. The van der Waals surface area contributed by atoms with Gasteiger partial charge in [-0.3, -0.25) is 9.59 Å². The zero-order chi connectivity index (χ0) is 16.2. The molecule has 8 heteroatoms. The average molecular weight is 314 g/mol. The Morgan fingerprint density at radius 2 is 2.09 bits per heavy atom. The highest BCUT2D eigenvalue weighted by molar-refractivity contribution is 5.88. The zero-order valence-electron chi connectivity index (χ0n) is 12.8. The van der Waals surface area contributed by atoms with Crippen molar-refractivity contribution in [2.24, 2.45) is 0 Å². The van der Waals surface area contributed by atoms with Crippen LogP contribution in [0, 0.1) is 6.92 Å². The number of nitrogens with one attached hydrogen (secondary N) is 1. The first kappa shape index (κ1) is 15.1. The molecule has 23 heavy (non-hydrogen) atoms. The molecule has 1 aromatic carbocycles. The van der Waals surface area contributed by atoms with E-state index in [1.165, 1.54) is 4.68 Å². The van der Waals surface area contributed by atoms with E-state index in [0.717, 1.165) is 12.0 Å². The van der Waals surface area contributed by atoms with Crippen LogP contribution in [-0.4, -0.2) is 56.6 Å². The number of amides is 2. The van der Waals surface area contributed by atoms with Crippen LogP contribution < -0.4 is 5.32 Å². The maximum atomic E-state index is 13.1. The van der Waals surface area contributed by atoms with Gasteiger partial charge in [0.25, 0.3) is 5.91 Å². The van der Waals surface area contributed by atoms with Crippen molar-refractivity contribution in [1.29, 1.82) is 0 Å². The number of hydrogen-bond acceptors (Lipinski definition) is 5. The number of benzene rings is 1. The molecule has 2 heterocycles. The Morgan fingerprint density at radius 1 is 1.30 bits per heavy atom. The molecule has 8 nitrogen and oxygen atoms in total. The lowest BCUT2D eigenvalue weighted by Crippen LogP contribution is -2.42. The third-order valence-electron chi connectivity index (χ3n) is 3.82. The number of aromatic nitrogens is 4. The Hall–Kier alpha value is -2.77. The van der Waals surface area contributed by atoms with Crippen LogP contribution in [0.3, 0.4) is 0 Å². The van der Waals surface area contributed by atoms with Gasteiger partial charge in [-0.2, -0.15) is 0 Å². The standard InChI is InChI=1S/C15H18N6O2/c1-11-17-18-19-21(11)14(12-6-3-2-4-7-12)15(23)20-9-5-8-16-13(22)10-20/h2-4,6-7,14H,5,8-10H2,1H3,(H,16,22). The summed E-state index contributed by atoms with van der Waals surface area (Å²) in [6, 6.07) is 8.67. The molecule has 0 saturated carbocycles. The first-order valence-electron chi connectivity index (χ1n) is 7.51. The van der Waals surface area contributed by atoms with Crippen LogP contribution in [0.15, 0.2) is 30.3 Å². The monoisotopic (exact) mass is 314 g/mol. The van der Waals surface area contributed by atoms with Crippen LogP contribution in [0.1, 0.15) is 23.9 Å². The fraction of sp³-hybridized carbons (Fsp3) is 0.400. The van der Waals surface area contributed by atoms with E-state index < -0.39 is 6.04 Å². The summed E-state index contributed by atoms with van der Waals surface area (Å²) in [4.78, 5) is 26.4. The van der Waals surface area contributed by atoms with Crippen molar-refractivity contribution in [2.45, 2.75) is 19.4 Å². The Bertz CT molecular complexity index is 699. The first-order valence-corrected chi connectivity index (χ1v) is 7.51. The Balaban J connectivity index is 1.96. The van der Waals surface area contributed by atoms with Crippen LogP contribution >= 0.6 is 0 Å². The molecule has 1 atom stereocenters. The Morgan fingerprint density at radius 3 is 2.78 bits per heavy atom. The summed E-state index contributed by atoms with van der Waals surface area (Å²) >= 11 is 0. The summed E-state index contributed by atoms with van der Waals surface area (Å²) in [6.07, 6.45) is 0.730. The van der Waals surface area contributed by atoms with Crippen LogP contribution in [0.5, 0.6) is 0 Å². The molecule has 1 fully saturated rings. The Labute approximate surface area is 133 Å². The molecule has 0 bridgehead atoms. The van der Waals surface area contributed by atoms with Gasteiger partial charge in [0.15, 0.2) is 6.04 Å². The molecule has 1 aliphatic rings. The number of rotatable bonds is 3. The number of carbonyl (C=O) groups is 2. The van der Waals surface area contributed by atoms with Crippen LogP contribution in [0.4, 0.5) is 0 Å². The molecular weight excluding hydrogens is 296 g/mol. The molecular formula is C15H18N6O2. The van der Waals surface area contributed by atoms with Gasteiger partial charge in [0.1, 0.15) is 5.82 Å². The van der Waals surface area contributed by atoms with Crippen molar-refractivity contribution in [2.75, 3.05) is 19.6 Å². The molecule has 0 radical (unpaired) electrons. The van der Waals surface area contributed by atoms with Gasteiger partial charge in [-0.05, 0) is 29.3 Å². The minimum Gasteiger partial charge on any atom is -0.354 e. The summed E-state index contributed by atoms with van der Waals surface area (Å²) < 4.78 is 1.50. The second-order valence-corrected chi connectivity index (χ2v) is 5.45. The minimum absolute atomic E-state index is 0.0589. The van der Waals surface area contributed by atoms with E-state index in [1.54, 1.807) is 11.8 Å². The van der Waals surface area contributed by atoms with E-state index in [9.17, 15) is 9.59 Å². The smallest absolute Gasteiger partial charge is 0.252 e. The average Bonchev–Trinajstić information content (AvgIpc) is 2.84. The van der Waals surface area contributed by atoms with Gasteiger partial charge < -0.3 is 10.2 Å². The van der Waals surface area contributed by atoms with Gasteiger partial charge in [0.2, 0.25) is 5.91 Å². The van der Waals surface area contributed by atoms with Crippen molar-refractivity contribution in [3.8, 4) is 0 Å². The van der Waals surface area contributed by atoms with E-state index >= 15 is 0 Å². The van der Waals surface area contributed by atoms with Gasteiger partial charge in [-0.15, -0.1) is 5.10 Å². The topological polar surface area (TPSA) is 93.0 Å². The number of tetrazole rings is 1. The molecule has 1 aliphatic heterocycles. The highest BCUT2D eigenvalue weighted by Gasteiger charge is 2.31. The van der Waals surface area contributed by atoms with Gasteiger partial charge >= 0.3 is 0 Å². The first-order chi connectivity index (χ1) is 11.2. The lowest BCUT2D eigenvalue weighted by molar-refractivity contribution is -0.137. The number of nitrogens with zero attached hydrogens (tertiary/aromatic N) is 5. The maximum absolute atomic E-state index is 13.1. The number of aryl methyl sites for hydroxylation is 1. The fourth-order valence-corrected chi connectivity index (χ4v) is 2.67. The largest absolute Gasteiger partial charge is 0.354 e. The van der Waals surface area contributed by atoms with E-state index in [0.29, 0.717) is 18.9 Å². The summed E-state index contributed by atoms with van der Waals surface area (Å²) in [5, 5.41) is 14.3. The molecule has 1 unspecified atom stereocenters. The fourth-order valence-electron chi connectivity index (χ4n) is 2.67. The summed E-state index contributed by atoms with van der Waals surface area (Å²) in [5.74, 6) is 0.228. The number of hydrogen-bond donors (Lipinski definition) is 1. The molecule has 1 aromatic heterocycles. The van der Waals surface area contributed by atoms with Crippen LogP contribution in [0.25, 0.3) is 0 Å². The van der Waals surface area contributed by atoms with Crippen LogP contribution in [0.2, 0.25) is 0 Å². The quantitative estimate of drug-likeness (QED) is 0.855. The maximum Gasteiger partial charge on any atom is 0.252 e. The van der Waals surface area contributed by atoms with E-state index in [4.69, 9.17) is 0 Å². The zero-order valence-corrected chi connectivity index (χ0v) is 12.8. The SMILES string of the molecule is Cc1nnnn1C(C(=O)N1CCCNC(=O)C1)c1ccccc1. The third-order valence-corrected chi connectivity index (χ3v) is 3.82. The summed E-state index contributed by atoms with van der Waals surface area (Å²) in [5.41, 5.74) is 0.789. The van der Waals surface area contributed by atoms with Crippen LogP contribution in [-0.2, 0) is 9.59 Å². The minimum atomic E-state index is -0.669. The molecule has 120 valence electrons. The third kappa shape index (κ3) is 3.20. The van der Waals surface area contributed by atoms with Gasteiger partial charge in [-0.25, -0.2) is 4.68 Å². The van der Waals surface area contributed by atoms with E-state index in [-0.39, 0.29) is 18.4 Å². The predicted octanol–water partition coefficient (Wildman–Crippen LogP) is -0.0806. The molecule has 0 spiro atoms. The van der Waals surface area contributed by atoms with Crippen molar-refractivity contribution >= 4 is 11.8 Å². The van der Waals surface area contributed by atoms with Crippen molar-refractivity contribution in [1.82, 2.24) is 30.4 Å². The van der Waals surface area contributed by atoms with Gasteiger partial charge in [0, 0.05) is 13.1 Å². The lowest BCUT2D eigenvalue weighted by atomic mass is 10.1. The summed E-state index contributed by atoms with van der Waals surface area (Å²) in [7, 11) is 0. The lowest BCUT2D eigenvalue weighted by Gasteiger charge is -2.25. The Kier molecular flexibility index (Phi) is 4.31. The van der Waals surface area contributed by atoms with Crippen molar-refractivity contribution in [3.05, 3.63) is 41.7 Å². The van der Waals surface area contributed by atoms with E-state index in [2.05, 4.69) is 20.8 Å². The van der Waals surface area contributed by atoms with Crippen molar-refractivity contribution < 1.29 is 9.59 Å². The molecule has 0 aliphatic carbocycles. The normalized spacial score (nSPS) is 16.6. The van der Waals surface area contributed by atoms with E-state index in [1.807, 2.05) is 30.3 Å². The highest BCUT2D eigenvalue weighted by Crippen LogP contribution is 2.21. The highest BCUT2D eigenvalue weighted by atomic mass is 16.2. The molecule has 1 saturated heterocycles. The van der Waals surface area contributed by atoms with Gasteiger partial charge in [-0.1, -0.05) is 30.3 Å². The molecule has 1 N–H and O–H groups in total.